The number of aromatic amines is 1. The molecule has 1 unspecified atom stereocenters. The van der Waals surface area contributed by atoms with E-state index < -0.39 is 5.79 Å². The van der Waals surface area contributed by atoms with Gasteiger partial charge in [-0.2, -0.15) is 0 Å². The predicted molar refractivity (Wildman–Crippen MR) is 61.5 cm³/mol. The van der Waals surface area contributed by atoms with Gasteiger partial charge < -0.3 is 9.72 Å². The summed E-state index contributed by atoms with van der Waals surface area (Å²) >= 11 is 1.38. The number of nitrogens with zero attached hydrogens (tertiary/aromatic N) is 3. The number of hydrogen-bond acceptors (Lipinski definition) is 7. The van der Waals surface area contributed by atoms with Gasteiger partial charge in [-0.1, -0.05) is 11.8 Å². The minimum absolute atomic E-state index is 0.380. The lowest BCUT2D eigenvalue weighted by atomic mass is 10.4. The molecular formula is C9H12N4O3S. The van der Waals surface area contributed by atoms with Crippen molar-refractivity contribution in [3.63, 3.8) is 0 Å². The minimum atomic E-state index is -1.07. The first-order valence-electron chi connectivity index (χ1n) is 4.83. The van der Waals surface area contributed by atoms with Crippen molar-refractivity contribution >= 4 is 22.9 Å². The molecule has 7 nitrogen and oxygen atoms in total. The molecule has 0 radical (unpaired) electrons. The smallest absolute Gasteiger partial charge is 0.207 e. The maximum atomic E-state index is 8.75. The first-order chi connectivity index (χ1) is 8.18. The Morgan fingerprint density at radius 1 is 1.47 bits per heavy atom. The number of nitrogens with one attached hydrogen (secondary N) is 1. The van der Waals surface area contributed by atoms with Crippen LogP contribution in [0.15, 0.2) is 17.7 Å². The second-order valence-corrected chi connectivity index (χ2v) is 4.46. The maximum absolute atomic E-state index is 8.75. The van der Waals surface area contributed by atoms with E-state index in [0.29, 0.717) is 11.4 Å². The number of ether oxygens (including phenoxy) is 1. The molecular weight excluding hydrogens is 244 g/mol. The van der Waals surface area contributed by atoms with Crippen molar-refractivity contribution in [2.75, 3.05) is 12.9 Å². The van der Waals surface area contributed by atoms with Gasteiger partial charge in [-0.05, 0) is 6.92 Å². The number of thioether (sulfide) groups is 1. The SMILES string of the molecule is COC(C)(CSc1ncnc2nc[nH]c12)OO. The summed E-state index contributed by atoms with van der Waals surface area (Å²) in [5, 5.41) is 9.47. The fourth-order valence-electron chi connectivity index (χ4n) is 1.17. The molecule has 17 heavy (non-hydrogen) atoms. The summed E-state index contributed by atoms with van der Waals surface area (Å²) in [6.07, 6.45) is 3.00. The zero-order valence-electron chi connectivity index (χ0n) is 9.38. The van der Waals surface area contributed by atoms with Gasteiger partial charge in [-0.25, -0.2) is 25.1 Å². The van der Waals surface area contributed by atoms with Crippen LogP contribution in [0.3, 0.4) is 0 Å². The van der Waals surface area contributed by atoms with Crippen LogP contribution in [0.25, 0.3) is 11.2 Å². The third kappa shape index (κ3) is 2.55. The van der Waals surface area contributed by atoms with Crippen LogP contribution in [0.2, 0.25) is 0 Å². The zero-order valence-corrected chi connectivity index (χ0v) is 10.2. The van der Waals surface area contributed by atoms with E-state index in [2.05, 4.69) is 24.8 Å². The maximum Gasteiger partial charge on any atom is 0.207 e. The van der Waals surface area contributed by atoms with Crippen molar-refractivity contribution in [2.24, 2.45) is 0 Å². The summed E-state index contributed by atoms with van der Waals surface area (Å²) < 4.78 is 5.04. The highest BCUT2D eigenvalue weighted by Crippen LogP contribution is 2.26. The number of H-pyrrole nitrogens is 1. The van der Waals surface area contributed by atoms with Crippen molar-refractivity contribution in [2.45, 2.75) is 17.7 Å². The van der Waals surface area contributed by atoms with E-state index in [9.17, 15) is 0 Å². The van der Waals surface area contributed by atoms with E-state index in [4.69, 9.17) is 9.99 Å². The Kier molecular flexibility index (Phi) is 3.57. The Morgan fingerprint density at radius 2 is 2.29 bits per heavy atom. The van der Waals surface area contributed by atoms with Gasteiger partial charge in [0.2, 0.25) is 5.79 Å². The number of hydrogen-bond donors (Lipinski definition) is 2. The molecule has 2 rings (SSSR count). The first-order valence-corrected chi connectivity index (χ1v) is 5.82. The average Bonchev–Trinajstić information content (AvgIpc) is 2.84. The molecule has 92 valence electrons. The Morgan fingerprint density at radius 3 is 3.00 bits per heavy atom. The molecule has 0 fully saturated rings. The number of aromatic nitrogens is 4. The van der Waals surface area contributed by atoms with Gasteiger partial charge >= 0.3 is 0 Å². The highest BCUT2D eigenvalue weighted by molar-refractivity contribution is 7.99. The average molecular weight is 256 g/mol. The fourth-order valence-corrected chi connectivity index (χ4v) is 2.16. The van der Waals surface area contributed by atoms with E-state index in [-0.39, 0.29) is 0 Å². The number of fused-ring (bicyclic) bond motifs is 1. The van der Waals surface area contributed by atoms with Crippen LogP contribution in [0.4, 0.5) is 0 Å². The molecule has 2 heterocycles. The third-order valence-corrected chi connectivity index (χ3v) is 3.54. The van der Waals surface area contributed by atoms with Crippen LogP contribution in [0, 0.1) is 0 Å². The van der Waals surface area contributed by atoms with Crippen molar-refractivity contribution in [1.29, 1.82) is 0 Å². The van der Waals surface area contributed by atoms with Crippen LogP contribution < -0.4 is 0 Å². The summed E-state index contributed by atoms with van der Waals surface area (Å²) in [5.74, 6) is -0.687. The molecule has 0 amide bonds. The molecule has 0 aliphatic carbocycles. The number of imidazole rings is 1. The molecule has 0 saturated carbocycles. The lowest BCUT2D eigenvalue weighted by Gasteiger charge is -2.22. The van der Waals surface area contributed by atoms with Crippen molar-refractivity contribution < 1.29 is 14.9 Å². The Hall–Kier alpha value is -1.22. The topological polar surface area (TPSA) is 93.2 Å². The molecule has 0 aliphatic heterocycles. The summed E-state index contributed by atoms with van der Waals surface area (Å²) in [4.78, 5) is 19.4. The van der Waals surface area contributed by atoms with Crippen LogP contribution in [-0.4, -0.2) is 43.8 Å². The van der Waals surface area contributed by atoms with Gasteiger partial charge in [-0.15, -0.1) is 0 Å². The Bertz CT molecular complexity index is 500. The van der Waals surface area contributed by atoms with Gasteiger partial charge in [0.05, 0.1) is 12.1 Å². The highest BCUT2D eigenvalue weighted by Gasteiger charge is 2.26. The van der Waals surface area contributed by atoms with E-state index >= 15 is 0 Å². The normalized spacial score (nSPS) is 15.0. The van der Waals surface area contributed by atoms with Gasteiger partial charge in [0.1, 0.15) is 16.9 Å². The molecule has 1 atom stereocenters. The molecule has 0 aromatic carbocycles. The molecule has 2 aromatic heterocycles. The zero-order chi connectivity index (χ0) is 12.3. The molecule has 0 bridgehead atoms. The van der Waals surface area contributed by atoms with E-state index in [0.717, 1.165) is 10.5 Å². The van der Waals surface area contributed by atoms with Gasteiger partial charge in [-0.3, -0.25) is 0 Å². The second kappa shape index (κ2) is 4.96. The van der Waals surface area contributed by atoms with E-state index in [1.165, 1.54) is 25.2 Å². The number of rotatable bonds is 5. The lowest BCUT2D eigenvalue weighted by molar-refractivity contribution is -0.382. The van der Waals surface area contributed by atoms with E-state index in [1.807, 2.05) is 0 Å². The molecule has 2 aromatic rings. The summed E-state index contributed by atoms with van der Waals surface area (Å²) in [6.45, 7) is 1.63. The van der Waals surface area contributed by atoms with Crippen LogP contribution >= 0.6 is 11.8 Å². The lowest BCUT2D eigenvalue weighted by Crippen LogP contribution is -2.32. The van der Waals surface area contributed by atoms with Crippen molar-refractivity contribution in [3.8, 4) is 0 Å². The Labute approximate surface area is 102 Å². The van der Waals surface area contributed by atoms with E-state index in [1.54, 1.807) is 13.3 Å². The van der Waals surface area contributed by atoms with Crippen LogP contribution in [0.1, 0.15) is 6.92 Å². The van der Waals surface area contributed by atoms with Crippen molar-refractivity contribution in [1.82, 2.24) is 19.9 Å². The summed E-state index contributed by atoms with van der Waals surface area (Å²) in [5.41, 5.74) is 1.36. The van der Waals surface area contributed by atoms with Crippen LogP contribution in [-0.2, 0) is 9.62 Å². The van der Waals surface area contributed by atoms with Crippen molar-refractivity contribution in [3.05, 3.63) is 12.7 Å². The fraction of sp³-hybridized carbons (Fsp3) is 0.444. The molecule has 2 N–H and O–H groups in total. The first kappa shape index (κ1) is 12.2. The summed E-state index contributed by atoms with van der Waals surface area (Å²) in [6, 6.07) is 0. The minimum Gasteiger partial charge on any atom is -0.350 e. The molecule has 8 heteroatoms. The largest absolute Gasteiger partial charge is 0.350 e. The molecule has 0 spiro atoms. The summed E-state index contributed by atoms with van der Waals surface area (Å²) in [7, 11) is 1.46. The van der Waals surface area contributed by atoms with Gasteiger partial charge in [0.15, 0.2) is 5.65 Å². The third-order valence-electron chi connectivity index (χ3n) is 2.28. The molecule has 0 aliphatic rings. The quantitative estimate of drug-likeness (QED) is 0.274. The van der Waals surface area contributed by atoms with Gasteiger partial charge in [0.25, 0.3) is 0 Å². The molecule has 0 saturated heterocycles. The Balaban J connectivity index is 2.16. The standard InChI is InChI=1S/C9H12N4O3S/c1-9(15-2,16-14)3-17-8-6-7(11-4-10-6)12-5-13-8/h4-5,14H,3H2,1-2H3,(H,10,11,12,13). The monoisotopic (exact) mass is 256 g/mol. The van der Waals surface area contributed by atoms with Crippen LogP contribution in [0.5, 0.6) is 0 Å². The highest BCUT2D eigenvalue weighted by atomic mass is 32.2. The number of methoxy groups -OCH3 is 1. The second-order valence-electron chi connectivity index (χ2n) is 3.50. The van der Waals surface area contributed by atoms with Gasteiger partial charge in [0, 0.05) is 7.11 Å². The predicted octanol–water partition coefficient (Wildman–Crippen LogP) is 1.30.